The van der Waals surface area contributed by atoms with Crippen LogP contribution in [0.4, 0.5) is 4.39 Å². The lowest BCUT2D eigenvalue weighted by molar-refractivity contribution is 0.190. The van der Waals surface area contributed by atoms with Gasteiger partial charge in [-0.25, -0.2) is 4.39 Å². The Labute approximate surface area is 164 Å². The largest absolute Gasteiger partial charge is 0.356 e. The molecule has 0 spiro atoms. The average Bonchev–Trinajstić information content (AvgIpc) is 3.33. The van der Waals surface area contributed by atoms with Gasteiger partial charge < -0.3 is 9.42 Å². The molecule has 0 unspecified atom stereocenters. The van der Waals surface area contributed by atoms with Gasteiger partial charge in [0.05, 0.1) is 11.1 Å². The minimum atomic E-state index is -0.220. The first-order valence-corrected chi connectivity index (χ1v) is 10.3. The molecule has 2 aliphatic heterocycles. The molecule has 1 fully saturated rings. The van der Waals surface area contributed by atoms with Crippen molar-refractivity contribution in [2.75, 3.05) is 26.2 Å². The van der Waals surface area contributed by atoms with Gasteiger partial charge in [0.2, 0.25) is 0 Å². The highest BCUT2D eigenvalue weighted by atomic mass is 19.1. The minimum Gasteiger partial charge on any atom is -0.356 e. The minimum absolute atomic E-state index is 0.220. The van der Waals surface area contributed by atoms with E-state index >= 15 is 0 Å². The van der Waals surface area contributed by atoms with E-state index < -0.39 is 0 Å². The second-order valence-electron chi connectivity index (χ2n) is 8.13. The van der Waals surface area contributed by atoms with Crippen LogP contribution < -0.4 is 0 Å². The summed E-state index contributed by atoms with van der Waals surface area (Å²) < 4.78 is 19.6. The number of rotatable bonds is 5. The Bertz CT molecular complexity index is 936. The Balaban J connectivity index is 1.11. The first kappa shape index (κ1) is 17.8. The summed E-state index contributed by atoms with van der Waals surface area (Å²) >= 11 is 0. The molecule has 1 aromatic heterocycles. The van der Waals surface area contributed by atoms with Crippen molar-refractivity contribution >= 4 is 11.0 Å². The maximum Gasteiger partial charge on any atom is 0.170 e. The van der Waals surface area contributed by atoms with E-state index in [2.05, 4.69) is 39.2 Å². The van der Waals surface area contributed by atoms with Crippen molar-refractivity contribution in [3.05, 3.63) is 65.1 Å². The molecule has 0 atom stereocenters. The number of aromatic nitrogens is 1. The highest BCUT2D eigenvalue weighted by Gasteiger charge is 2.26. The second kappa shape index (κ2) is 7.64. The lowest BCUT2D eigenvalue weighted by Gasteiger charge is -2.31. The number of likely N-dealkylation sites (tertiary alicyclic amines) is 1. The van der Waals surface area contributed by atoms with Crippen LogP contribution in [0.2, 0.25) is 0 Å². The van der Waals surface area contributed by atoms with Gasteiger partial charge in [-0.1, -0.05) is 35.5 Å². The van der Waals surface area contributed by atoms with Crippen LogP contribution in [-0.2, 0) is 13.1 Å². The molecule has 3 aromatic rings. The summed E-state index contributed by atoms with van der Waals surface area (Å²) in [5, 5.41) is 4.78. The quantitative estimate of drug-likeness (QED) is 0.651. The fraction of sp³-hybridized carbons (Fsp3) is 0.435. The molecule has 0 saturated carbocycles. The van der Waals surface area contributed by atoms with Crippen molar-refractivity contribution < 1.29 is 8.91 Å². The third kappa shape index (κ3) is 3.45. The first-order valence-electron chi connectivity index (χ1n) is 10.3. The summed E-state index contributed by atoms with van der Waals surface area (Å²) in [6, 6.07) is 13.7. The fourth-order valence-corrected chi connectivity index (χ4v) is 4.76. The van der Waals surface area contributed by atoms with Gasteiger partial charge in [-0.05, 0) is 62.2 Å². The Morgan fingerprint density at radius 2 is 1.64 bits per heavy atom. The predicted octanol–water partition coefficient (Wildman–Crippen LogP) is 4.55. The van der Waals surface area contributed by atoms with Crippen molar-refractivity contribution in [3.8, 4) is 0 Å². The van der Waals surface area contributed by atoms with Gasteiger partial charge in [0, 0.05) is 25.6 Å². The summed E-state index contributed by atoms with van der Waals surface area (Å²) in [6.45, 7) is 6.55. The van der Waals surface area contributed by atoms with Gasteiger partial charge >= 0.3 is 0 Å². The molecule has 146 valence electrons. The van der Waals surface area contributed by atoms with Crippen molar-refractivity contribution in [2.45, 2.75) is 38.3 Å². The topological polar surface area (TPSA) is 32.5 Å². The number of piperidine rings is 1. The van der Waals surface area contributed by atoms with Crippen LogP contribution in [0.1, 0.15) is 42.0 Å². The van der Waals surface area contributed by atoms with Gasteiger partial charge in [-0.15, -0.1) is 0 Å². The van der Waals surface area contributed by atoms with Gasteiger partial charge in [-0.3, -0.25) is 4.90 Å². The molecule has 2 aromatic carbocycles. The molecule has 28 heavy (non-hydrogen) atoms. The number of nitrogens with zero attached hydrogens (tertiary/aromatic N) is 3. The molecule has 3 heterocycles. The Morgan fingerprint density at radius 3 is 2.39 bits per heavy atom. The van der Waals surface area contributed by atoms with Gasteiger partial charge in [0.25, 0.3) is 0 Å². The molecule has 0 bridgehead atoms. The normalized spacial score (nSPS) is 18.8. The first-order chi connectivity index (χ1) is 13.8. The highest BCUT2D eigenvalue weighted by Crippen LogP contribution is 2.33. The van der Waals surface area contributed by atoms with Gasteiger partial charge in [0.1, 0.15) is 5.82 Å². The van der Waals surface area contributed by atoms with Crippen LogP contribution in [-0.4, -0.2) is 41.1 Å². The van der Waals surface area contributed by atoms with Crippen molar-refractivity contribution in [1.29, 1.82) is 0 Å². The zero-order valence-electron chi connectivity index (χ0n) is 16.1. The molecule has 1 saturated heterocycles. The number of hydrogen-bond acceptors (Lipinski definition) is 4. The molecular weight excluding hydrogens is 353 g/mol. The van der Waals surface area contributed by atoms with Crippen LogP contribution in [0.5, 0.6) is 0 Å². The number of halogens is 1. The van der Waals surface area contributed by atoms with Crippen LogP contribution >= 0.6 is 0 Å². The summed E-state index contributed by atoms with van der Waals surface area (Å²) in [4.78, 5) is 5.08. The molecule has 0 radical (unpaired) electrons. The van der Waals surface area contributed by atoms with Gasteiger partial charge in [0.15, 0.2) is 5.58 Å². The molecule has 0 N–H and O–H groups in total. The van der Waals surface area contributed by atoms with E-state index in [0.29, 0.717) is 16.9 Å². The van der Waals surface area contributed by atoms with Crippen LogP contribution in [0, 0.1) is 5.82 Å². The van der Waals surface area contributed by atoms with E-state index in [1.54, 1.807) is 12.1 Å². The standard InChI is InChI=1S/C23H26FN3O/c24-20-7-3-8-21-22(20)23(25-28-21)17-9-13-26(14-10-17)11-4-12-27-15-18-5-1-2-6-19(18)16-27/h1-3,5-8,17H,4,9-16H2. The van der Waals surface area contributed by atoms with E-state index in [-0.39, 0.29) is 5.82 Å². The third-order valence-electron chi connectivity index (χ3n) is 6.30. The van der Waals surface area contributed by atoms with Crippen molar-refractivity contribution in [2.24, 2.45) is 0 Å². The van der Waals surface area contributed by atoms with Crippen molar-refractivity contribution in [1.82, 2.24) is 15.0 Å². The highest BCUT2D eigenvalue weighted by molar-refractivity contribution is 5.80. The molecule has 2 aliphatic rings. The Hall–Kier alpha value is -2.24. The smallest absolute Gasteiger partial charge is 0.170 e. The van der Waals surface area contributed by atoms with E-state index in [0.717, 1.165) is 57.8 Å². The predicted molar refractivity (Wildman–Crippen MR) is 108 cm³/mol. The second-order valence-corrected chi connectivity index (χ2v) is 8.13. The molecule has 5 rings (SSSR count). The van der Waals surface area contributed by atoms with Crippen LogP contribution in [0.3, 0.4) is 0 Å². The average molecular weight is 379 g/mol. The van der Waals surface area contributed by atoms with E-state index in [1.807, 2.05) is 0 Å². The van der Waals surface area contributed by atoms with Crippen molar-refractivity contribution in [3.63, 3.8) is 0 Å². The van der Waals surface area contributed by atoms with E-state index in [9.17, 15) is 4.39 Å². The van der Waals surface area contributed by atoms with E-state index in [1.165, 1.54) is 23.6 Å². The lowest BCUT2D eigenvalue weighted by Crippen LogP contribution is -2.35. The Kier molecular flexibility index (Phi) is 4.87. The summed E-state index contributed by atoms with van der Waals surface area (Å²) in [7, 11) is 0. The number of benzene rings is 2. The lowest BCUT2D eigenvalue weighted by atomic mass is 9.91. The monoisotopic (exact) mass is 379 g/mol. The zero-order chi connectivity index (χ0) is 18.9. The van der Waals surface area contributed by atoms with E-state index in [4.69, 9.17) is 4.52 Å². The number of hydrogen-bond donors (Lipinski definition) is 0. The number of fused-ring (bicyclic) bond motifs is 2. The fourth-order valence-electron chi connectivity index (χ4n) is 4.76. The molecule has 0 aliphatic carbocycles. The molecular formula is C23H26FN3O. The summed E-state index contributed by atoms with van der Waals surface area (Å²) in [5.74, 6) is 0.0743. The molecule has 0 amide bonds. The zero-order valence-corrected chi connectivity index (χ0v) is 16.1. The Morgan fingerprint density at radius 1 is 0.929 bits per heavy atom. The molecule has 5 heteroatoms. The third-order valence-corrected chi connectivity index (χ3v) is 6.30. The molecule has 4 nitrogen and oxygen atoms in total. The summed E-state index contributed by atoms with van der Waals surface area (Å²) in [5.41, 5.74) is 4.33. The summed E-state index contributed by atoms with van der Waals surface area (Å²) in [6.07, 6.45) is 3.23. The van der Waals surface area contributed by atoms with Crippen LogP contribution in [0.15, 0.2) is 47.0 Å². The van der Waals surface area contributed by atoms with Crippen LogP contribution in [0.25, 0.3) is 11.0 Å². The maximum atomic E-state index is 14.2. The van der Waals surface area contributed by atoms with Gasteiger partial charge in [-0.2, -0.15) is 0 Å². The SMILES string of the molecule is Fc1cccc2onc(C3CCN(CCCN4Cc5ccccc5C4)CC3)c12. The maximum absolute atomic E-state index is 14.2.